The van der Waals surface area contributed by atoms with Gasteiger partial charge >= 0.3 is 0 Å². The molecule has 11 heteroatoms. The van der Waals surface area contributed by atoms with Gasteiger partial charge < -0.3 is 9.84 Å². The molecule has 0 saturated heterocycles. The van der Waals surface area contributed by atoms with Crippen LogP contribution in [0.2, 0.25) is 0 Å². The summed E-state index contributed by atoms with van der Waals surface area (Å²) in [4.78, 5) is 19.1. The van der Waals surface area contributed by atoms with Gasteiger partial charge in [0.2, 0.25) is 5.17 Å². The Morgan fingerprint density at radius 1 is 1.33 bits per heavy atom. The quantitative estimate of drug-likeness (QED) is 0.398. The van der Waals surface area contributed by atoms with Crippen molar-refractivity contribution < 1.29 is 18.9 Å². The lowest BCUT2D eigenvalue weighted by Crippen LogP contribution is -2.50. The van der Waals surface area contributed by atoms with Crippen LogP contribution in [0, 0.1) is 5.92 Å². The lowest BCUT2D eigenvalue weighted by Gasteiger charge is -2.34. The number of thiazole rings is 1. The summed E-state index contributed by atoms with van der Waals surface area (Å²) >= 11 is 1.61. The molecule has 2 aromatic rings. The number of nitrogens with one attached hydrogen (secondary N) is 1. The first-order valence-electron chi connectivity index (χ1n) is 10.9. The summed E-state index contributed by atoms with van der Waals surface area (Å²) in [5.41, 5.74) is 1.74. The number of nitrogens with zero attached hydrogens (tertiary/aromatic N) is 3. The Morgan fingerprint density at radius 2 is 2.09 bits per heavy atom. The summed E-state index contributed by atoms with van der Waals surface area (Å²) in [5, 5.41) is 14.6. The maximum Gasteiger partial charge on any atom is 0.215 e. The van der Waals surface area contributed by atoms with Crippen LogP contribution in [0.3, 0.4) is 0 Å². The number of aliphatic imine (C=N–C) groups is 2. The van der Waals surface area contributed by atoms with Crippen LogP contribution >= 0.6 is 11.3 Å². The highest BCUT2D eigenvalue weighted by molar-refractivity contribution is 8.00. The van der Waals surface area contributed by atoms with Crippen molar-refractivity contribution >= 4 is 43.2 Å². The molecule has 4 rings (SSSR count). The monoisotopic (exact) mass is 493 g/mol. The van der Waals surface area contributed by atoms with Crippen molar-refractivity contribution in [2.24, 2.45) is 21.8 Å². The van der Waals surface area contributed by atoms with Crippen molar-refractivity contribution in [2.75, 3.05) is 12.9 Å². The van der Waals surface area contributed by atoms with Gasteiger partial charge in [-0.05, 0) is 51.7 Å². The lowest BCUT2D eigenvalue weighted by molar-refractivity contribution is -0.242. The van der Waals surface area contributed by atoms with E-state index in [2.05, 4.69) is 10.3 Å². The Kier molecular flexibility index (Phi) is 7.39. The van der Waals surface area contributed by atoms with E-state index >= 15 is 0 Å². The molecule has 1 aromatic carbocycles. The van der Waals surface area contributed by atoms with Crippen LogP contribution in [0.1, 0.15) is 44.5 Å². The second-order valence-corrected chi connectivity index (χ2v) is 11.4. The molecule has 1 fully saturated rings. The first kappa shape index (κ1) is 24.5. The summed E-state index contributed by atoms with van der Waals surface area (Å²) in [7, 11) is -1.32. The fraction of sp³-hybridized carbons (Fsp3) is 0.591. The first-order valence-corrected chi connectivity index (χ1v) is 13.3. The molecule has 1 saturated carbocycles. The summed E-state index contributed by atoms with van der Waals surface area (Å²) in [6, 6.07) is 7.89. The van der Waals surface area contributed by atoms with Crippen molar-refractivity contribution in [3.05, 3.63) is 29.3 Å². The second kappa shape index (κ2) is 9.95. The van der Waals surface area contributed by atoms with Crippen LogP contribution in [0.5, 0.6) is 0 Å². The maximum atomic E-state index is 12.2. The van der Waals surface area contributed by atoms with E-state index in [4.69, 9.17) is 25.4 Å². The number of nitrogens with two attached hydrogens (primary N) is 1. The zero-order valence-corrected chi connectivity index (χ0v) is 20.9. The number of benzene rings is 1. The van der Waals surface area contributed by atoms with Crippen molar-refractivity contribution in [2.45, 2.75) is 63.6 Å². The van der Waals surface area contributed by atoms with E-state index in [1.807, 2.05) is 31.2 Å². The molecule has 9 nitrogen and oxygen atoms in total. The largest absolute Gasteiger partial charge is 0.396 e. The number of fused-ring (bicyclic) bond motifs is 1. The van der Waals surface area contributed by atoms with Crippen LogP contribution in [-0.4, -0.2) is 62.1 Å². The van der Waals surface area contributed by atoms with E-state index in [-0.39, 0.29) is 30.6 Å². The number of ether oxygens (including phenoxy) is 1. The van der Waals surface area contributed by atoms with Gasteiger partial charge in [0.1, 0.15) is 11.2 Å². The summed E-state index contributed by atoms with van der Waals surface area (Å²) in [5.74, 6) is 4.33. The number of hydrogen-bond donors (Lipinski definition) is 3. The predicted octanol–water partition coefficient (Wildman–Crippen LogP) is 2.29. The molecular weight excluding hydrogens is 462 g/mol. The molecule has 3 unspecified atom stereocenters. The third-order valence-corrected chi connectivity index (χ3v) is 7.92. The van der Waals surface area contributed by atoms with E-state index in [0.717, 1.165) is 20.9 Å². The molecule has 180 valence electrons. The van der Waals surface area contributed by atoms with Gasteiger partial charge in [0.15, 0.2) is 5.79 Å². The van der Waals surface area contributed by atoms with Crippen molar-refractivity contribution in [1.82, 2.24) is 10.3 Å². The number of aromatic nitrogens is 1. The maximum absolute atomic E-state index is 12.2. The van der Waals surface area contributed by atoms with Gasteiger partial charge in [0, 0.05) is 24.6 Å². The second-order valence-electron chi connectivity index (χ2n) is 9.03. The minimum absolute atomic E-state index is 0.0713. The summed E-state index contributed by atoms with van der Waals surface area (Å²) in [6.07, 6.45) is 2.30. The van der Waals surface area contributed by atoms with E-state index in [9.17, 15) is 9.32 Å². The number of aliphatic hydroxyl groups excluding tert-OH is 1. The van der Waals surface area contributed by atoms with E-state index in [1.54, 1.807) is 31.4 Å². The molecule has 2 aliphatic rings. The molecule has 6 atom stereocenters. The molecule has 4 N–H and O–H groups in total. The van der Waals surface area contributed by atoms with Gasteiger partial charge in [-0.1, -0.05) is 12.1 Å². The summed E-state index contributed by atoms with van der Waals surface area (Å²) < 4.78 is 19.5. The molecule has 1 aliphatic heterocycles. The van der Waals surface area contributed by atoms with Gasteiger partial charge in [-0.25, -0.2) is 20.9 Å². The van der Waals surface area contributed by atoms with Gasteiger partial charge in [0.05, 0.1) is 33.0 Å². The van der Waals surface area contributed by atoms with Crippen molar-refractivity contribution in [3.63, 3.8) is 0 Å². The van der Waals surface area contributed by atoms with Crippen LogP contribution in [0.4, 0.5) is 0 Å². The molecule has 1 aromatic heterocycles. The van der Waals surface area contributed by atoms with E-state index < -0.39 is 22.8 Å². The normalized spacial score (nSPS) is 29.2. The topological polar surface area (TPSA) is 131 Å². The Hall–Kier alpha value is -1.60. The van der Waals surface area contributed by atoms with Gasteiger partial charge in [-0.3, -0.25) is 14.4 Å². The Bertz CT molecular complexity index is 1050. The van der Waals surface area contributed by atoms with Crippen LogP contribution in [0.15, 0.2) is 34.3 Å². The number of amidine groups is 1. The highest BCUT2D eigenvalue weighted by Crippen LogP contribution is 2.36. The molecular formula is C22H31N5O4S2. The molecule has 0 amide bonds. The van der Waals surface area contributed by atoms with Gasteiger partial charge in [-0.15, -0.1) is 11.3 Å². The zero-order valence-electron chi connectivity index (χ0n) is 19.2. The number of aliphatic hydroxyl groups is 1. The van der Waals surface area contributed by atoms with E-state index in [1.165, 1.54) is 0 Å². The minimum Gasteiger partial charge on any atom is -0.396 e. The molecule has 0 radical (unpaired) electrons. The standard InChI is InChI=1S/C22H31N5O4S2/c1-12-18(20-26-14-7-5-6-8-17(14)32-20)19(27-21(24-12)33(4)29)25-15-9-13(11-28)10-16(15)30-22(2,3)31-23/h5-8,13,15-16,18-19,25,28H,9-11,23H2,1-4H3/t13-,15+,16+,18?,19?,33?/m0/s1. The first-order chi connectivity index (χ1) is 15.7. The zero-order chi connectivity index (χ0) is 23.8. The lowest BCUT2D eigenvalue weighted by atomic mass is 9.99. The Labute approximate surface area is 199 Å². The van der Waals surface area contributed by atoms with Crippen molar-refractivity contribution in [1.29, 1.82) is 0 Å². The fourth-order valence-electron chi connectivity index (χ4n) is 4.45. The number of rotatable bonds is 7. The van der Waals surface area contributed by atoms with Gasteiger partial charge in [0.25, 0.3) is 0 Å². The Balaban J connectivity index is 1.66. The third kappa shape index (κ3) is 5.40. The number of hydrogen-bond acceptors (Lipinski definition) is 10. The molecule has 0 bridgehead atoms. The molecule has 0 spiro atoms. The predicted molar refractivity (Wildman–Crippen MR) is 132 cm³/mol. The Morgan fingerprint density at radius 3 is 2.76 bits per heavy atom. The highest BCUT2D eigenvalue weighted by Gasteiger charge is 2.42. The molecule has 1 aliphatic carbocycles. The molecule has 2 heterocycles. The summed E-state index contributed by atoms with van der Waals surface area (Å²) in [6.45, 7) is 5.52. The van der Waals surface area contributed by atoms with Crippen molar-refractivity contribution in [3.8, 4) is 0 Å². The smallest absolute Gasteiger partial charge is 0.215 e. The third-order valence-electron chi connectivity index (χ3n) is 6.08. The molecule has 33 heavy (non-hydrogen) atoms. The van der Waals surface area contributed by atoms with E-state index in [0.29, 0.717) is 18.0 Å². The average Bonchev–Trinajstić information content (AvgIpc) is 3.36. The minimum atomic E-state index is -1.32. The van der Waals surface area contributed by atoms with Crippen LogP contribution in [0.25, 0.3) is 10.2 Å². The highest BCUT2D eigenvalue weighted by atomic mass is 32.2. The van der Waals surface area contributed by atoms with Gasteiger partial charge in [-0.2, -0.15) is 0 Å². The van der Waals surface area contributed by atoms with Crippen LogP contribution < -0.4 is 11.2 Å². The average molecular weight is 494 g/mol. The SMILES string of the molecule is CC1=NC(S(C)=O)=NC(N[C@@H]2C[C@H](CO)C[C@H]2OC(C)(C)ON)C1c1nc2ccccc2s1. The van der Waals surface area contributed by atoms with Crippen LogP contribution in [-0.2, 0) is 20.4 Å². The number of para-hydroxylation sites is 1. The fourth-order valence-corrected chi connectivity index (χ4v) is 6.14.